The fourth-order valence-corrected chi connectivity index (χ4v) is 4.05. The number of rotatable bonds is 6. The van der Waals surface area contributed by atoms with E-state index < -0.39 is 39.3 Å². The number of sulfonamides is 1. The molecule has 1 heterocycles. The minimum atomic E-state index is -3.85. The van der Waals surface area contributed by atoms with Crippen molar-refractivity contribution in [3.63, 3.8) is 0 Å². The van der Waals surface area contributed by atoms with Gasteiger partial charge in [-0.15, -0.1) is 0 Å². The molecule has 0 aliphatic carbocycles. The average molecular weight is 435 g/mol. The lowest BCUT2D eigenvalue weighted by molar-refractivity contribution is -0.119. The number of nitrogens with one attached hydrogen (secondary N) is 2. The molecule has 1 saturated heterocycles. The van der Waals surface area contributed by atoms with E-state index in [2.05, 4.69) is 10.0 Å². The van der Waals surface area contributed by atoms with Crippen molar-refractivity contribution in [2.75, 3.05) is 26.0 Å². The van der Waals surface area contributed by atoms with Gasteiger partial charge >= 0.3 is 0 Å². The molecule has 8 nitrogen and oxygen atoms in total. The molecule has 1 aliphatic heterocycles. The number of amides is 2. The van der Waals surface area contributed by atoms with Gasteiger partial charge in [0.1, 0.15) is 17.6 Å². The molecule has 3 rings (SSSR count). The van der Waals surface area contributed by atoms with Gasteiger partial charge < -0.3 is 15.0 Å². The summed E-state index contributed by atoms with van der Waals surface area (Å²) >= 11 is 0. The van der Waals surface area contributed by atoms with E-state index in [0.717, 1.165) is 18.2 Å². The maximum Gasteiger partial charge on any atom is 0.257 e. The Morgan fingerprint density at radius 3 is 2.50 bits per heavy atom. The molecule has 1 unspecified atom stereocenters. The van der Waals surface area contributed by atoms with Crippen LogP contribution in [0, 0.1) is 5.82 Å². The van der Waals surface area contributed by atoms with Crippen LogP contribution in [0.15, 0.2) is 47.4 Å². The Morgan fingerprint density at radius 2 is 1.87 bits per heavy atom. The molecule has 0 bridgehead atoms. The van der Waals surface area contributed by atoms with Gasteiger partial charge in [-0.25, -0.2) is 17.5 Å². The minimum absolute atomic E-state index is 0.229. The Hall–Kier alpha value is -2.98. The van der Waals surface area contributed by atoms with Crippen LogP contribution in [0.25, 0.3) is 0 Å². The Morgan fingerprint density at radius 1 is 1.17 bits per heavy atom. The number of hydrogen-bond acceptors (Lipinski definition) is 5. The fraction of sp³-hybridized carbons (Fsp3) is 0.300. The highest BCUT2D eigenvalue weighted by Gasteiger charge is 2.36. The first kappa shape index (κ1) is 21.7. The number of carbonyl (C=O) groups is 2. The van der Waals surface area contributed by atoms with Gasteiger partial charge in [-0.1, -0.05) is 0 Å². The van der Waals surface area contributed by atoms with E-state index in [4.69, 9.17) is 4.74 Å². The zero-order chi connectivity index (χ0) is 21.9. The third-order valence-corrected chi connectivity index (χ3v) is 6.33. The maximum absolute atomic E-state index is 14.3. The van der Waals surface area contributed by atoms with Crippen molar-refractivity contribution in [2.24, 2.45) is 0 Å². The van der Waals surface area contributed by atoms with Crippen LogP contribution in [0.4, 0.5) is 10.1 Å². The van der Waals surface area contributed by atoms with E-state index >= 15 is 0 Å². The number of likely N-dealkylation sites (tertiary alicyclic amines) is 1. The third kappa shape index (κ3) is 4.44. The van der Waals surface area contributed by atoms with Crippen LogP contribution in [0.2, 0.25) is 0 Å². The molecule has 2 N–H and O–H groups in total. The molecule has 2 aromatic rings. The van der Waals surface area contributed by atoms with Gasteiger partial charge in [0.05, 0.1) is 17.6 Å². The van der Waals surface area contributed by atoms with Crippen LogP contribution >= 0.6 is 0 Å². The highest BCUT2D eigenvalue weighted by Crippen LogP contribution is 2.25. The SMILES string of the molecule is CNS(=O)(=O)c1ccc(F)c(C(=O)N2CCCC2C(=O)Nc2ccc(OC)cc2)c1. The second-order valence-electron chi connectivity index (χ2n) is 6.72. The summed E-state index contributed by atoms with van der Waals surface area (Å²) in [5, 5.41) is 2.74. The monoisotopic (exact) mass is 435 g/mol. The first-order valence-electron chi connectivity index (χ1n) is 9.26. The lowest BCUT2D eigenvalue weighted by Crippen LogP contribution is -2.43. The van der Waals surface area contributed by atoms with Crippen molar-refractivity contribution in [3.05, 3.63) is 53.8 Å². The van der Waals surface area contributed by atoms with E-state index in [9.17, 15) is 22.4 Å². The molecule has 1 aliphatic rings. The predicted molar refractivity (Wildman–Crippen MR) is 108 cm³/mol. The Bertz CT molecular complexity index is 1060. The van der Waals surface area contributed by atoms with E-state index in [0.29, 0.717) is 24.3 Å². The number of nitrogens with zero attached hydrogens (tertiary/aromatic N) is 1. The Kier molecular flexibility index (Phi) is 6.37. The number of anilines is 1. The lowest BCUT2D eigenvalue weighted by Gasteiger charge is -2.24. The molecule has 1 atom stereocenters. The summed E-state index contributed by atoms with van der Waals surface area (Å²) in [5.41, 5.74) is 0.142. The summed E-state index contributed by atoms with van der Waals surface area (Å²) in [6.45, 7) is 0.266. The van der Waals surface area contributed by atoms with Gasteiger partial charge in [0.15, 0.2) is 0 Å². The van der Waals surface area contributed by atoms with Gasteiger partial charge in [-0.2, -0.15) is 0 Å². The summed E-state index contributed by atoms with van der Waals surface area (Å²) < 4.78 is 45.5. The summed E-state index contributed by atoms with van der Waals surface area (Å²) in [6, 6.07) is 8.93. The quantitative estimate of drug-likeness (QED) is 0.722. The predicted octanol–water partition coefficient (Wildman–Crippen LogP) is 1.99. The third-order valence-electron chi connectivity index (χ3n) is 4.92. The van der Waals surface area contributed by atoms with E-state index in [-0.39, 0.29) is 11.4 Å². The number of ether oxygens (including phenoxy) is 1. The largest absolute Gasteiger partial charge is 0.497 e. The fourth-order valence-electron chi connectivity index (χ4n) is 3.29. The molecule has 160 valence electrons. The van der Waals surface area contributed by atoms with Crippen LogP contribution in [-0.2, 0) is 14.8 Å². The first-order chi connectivity index (χ1) is 14.3. The molecule has 0 radical (unpaired) electrons. The number of benzene rings is 2. The summed E-state index contributed by atoms with van der Waals surface area (Å²) in [5.74, 6) is -1.34. The molecule has 2 aromatic carbocycles. The molecule has 30 heavy (non-hydrogen) atoms. The molecule has 10 heteroatoms. The lowest BCUT2D eigenvalue weighted by atomic mass is 10.1. The van der Waals surface area contributed by atoms with Crippen molar-refractivity contribution in [2.45, 2.75) is 23.8 Å². The van der Waals surface area contributed by atoms with Gasteiger partial charge in [0.25, 0.3) is 5.91 Å². The molecule has 1 fully saturated rings. The van der Waals surface area contributed by atoms with Crippen molar-refractivity contribution in [1.29, 1.82) is 0 Å². The Balaban J connectivity index is 1.81. The molecule has 0 spiro atoms. The highest BCUT2D eigenvalue weighted by atomic mass is 32.2. The van der Waals surface area contributed by atoms with Crippen LogP contribution in [0.1, 0.15) is 23.2 Å². The maximum atomic E-state index is 14.3. The highest BCUT2D eigenvalue weighted by molar-refractivity contribution is 7.89. The zero-order valence-electron chi connectivity index (χ0n) is 16.5. The van der Waals surface area contributed by atoms with Gasteiger partial charge in [0.2, 0.25) is 15.9 Å². The van der Waals surface area contributed by atoms with Crippen LogP contribution < -0.4 is 14.8 Å². The topological polar surface area (TPSA) is 105 Å². The van der Waals surface area contributed by atoms with Crippen molar-refractivity contribution < 1.29 is 27.1 Å². The smallest absolute Gasteiger partial charge is 0.257 e. The molecular formula is C20H22FN3O5S. The number of carbonyl (C=O) groups excluding carboxylic acids is 2. The van der Waals surface area contributed by atoms with Crippen molar-refractivity contribution in [1.82, 2.24) is 9.62 Å². The Labute approximate surface area is 174 Å². The molecule has 0 saturated carbocycles. The van der Waals surface area contributed by atoms with E-state index in [1.165, 1.54) is 19.1 Å². The summed E-state index contributed by atoms with van der Waals surface area (Å²) in [7, 11) is -1.09. The van der Waals surface area contributed by atoms with E-state index in [1.54, 1.807) is 24.3 Å². The van der Waals surface area contributed by atoms with Crippen LogP contribution in [0.5, 0.6) is 5.75 Å². The van der Waals surface area contributed by atoms with Crippen LogP contribution in [-0.4, -0.2) is 51.9 Å². The van der Waals surface area contributed by atoms with Gasteiger partial charge in [0, 0.05) is 12.2 Å². The number of methoxy groups -OCH3 is 1. The van der Waals surface area contributed by atoms with Crippen molar-refractivity contribution >= 4 is 27.5 Å². The van der Waals surface area contributed by atoms with Gasteiger partial charge in [-0.3, -0.25) is 9.59 Å². The summed E-state index contributed by atoms with van der Waals surface area (Å²) in [4.78, 5) is 26.7. The minimum Gasteiger partial charge on any atom is -0.497 e. The van der Waals surface area contributed by atoms with E-state index in [1.807, 2.05) is 0 Å². The average Bonchev–Trinajstić information content (AvgIpc) is 3.24. The number of hydrogen-bond donors (Lipinski definition) is 2. The standard InChI is InChI=1S/C20H22FN3O5S/c1-22-30(27,28)15-9-10-17(21)16(12-15)20(26)24-11-3-4-18(24)19(25)23-13-5-7-14(29-2)8-6-13/h5-10,12,18,22H,3-4,11H2,1-2H3,(H,23,25). The van der Waals surface area contributed by atoms with Crippen molar-refractivity contribution in [3.8, 4) is 5.75 Å². The van der Waals surface area contributed by atoms with Crippen LogP contribution in [0.3, 0.4) is 0 Å². The van der Waals surface area contributed by atoms with Gasteiger partial charge in [-0.05, 0) is 62.4 Å². The summed E-state index contributed by atoms with van der Waals surface area (Å²) in [6.07, 6.45) is 0.992. The number of halogens is 1. The molecule has 0 aromatic heterocycles. The normalized spacial score (nSPS) is 16.4. The second kappa shape index (κ2) is 8.80. The molecular weight excluding hydrogens is 413 g/mol. The molecule has 2 amide bonds. The first-order valence-corrected chi connectivity index (χ1v) is 10.7. The zero-order valence-corrected chi connectivity index (χ0v) is 17.3. The second-order valence-corrected chi connectivity index (χ2v) is 8.61.